The first kappa shape index (κ1) is 23.4. The number of thiophene rings is 1. The van der Waals surface area contributed by atoms with Crippen molar-refractivity contribution in [1.29, 1.82) is 0 Å². The number of carbonyl (C=O) groups excluding carboxylic acids is 1. The topological polar surface area (TPSA) is 75.5 Å². The first-order chi connectivity index (χ1) is 15.8. The minimum absolute atomic E-state index is 0.117. The lowest BCUT2D eigenvalue weighted by molar-refractivity contribution is -0.127. The van der Waals surface area contributed by atoms with Crippen LogP contribution in [0.1, 0.15) is 28.1 Å². The molecule has 3 heterocycles. The third-order valence-corrected chi connectivity index (χ3v) is 9.19. The molecule has 33 heavy (non-hydrogen) atoms. The molecule has 1 aliphatic rings. The van der Waals surface area contributed by atoms with Crippen molar-refractivity contribution in [2.45, 2.75) is 31.5 Å². The van der Waals surface area contributed by atoms with Gasteiger partial charge in [-0.1, -0.05) is 35.9 Å². The summed E-state index contributed by atoms with van der Waals surface area (Å²) in [5.41, 5.74) is 5.21. The van der Waals surface area contributed by atoms with Gasteiger partial charge in [0.1, 0.15) is 4.21 Å². The quantitative estimate of drug-likeness (QED) is 0.502. The Morgan fingerprint density at radius 1 is 1.06 bits per heavy atom. The third-order valence-electron chi connectivity index (χ3n) is 5.92. The maximum absolute atomic E-state index is 12.8. The van der Waals surface area contributed by atoms with Crippen LogP contribution in [0.5, 0.6) is 0 Å². The maximum atomic E-state index is 12.8. The van der Waals surface area contributed by atoms with E-state index in [0.29, 0.717) is 36.9 Å². The normalized spacial score (nSPS) is 15.4. The average Bonchev–Trinajstić information content (AvgIpc) is 3.44. The van der Waals surface area contributed by atoms with E-state index in [1.165, 1.54) is 26.8 Å². The van der Waals surface area contributed by atoms with Crippen molar-refractivity contribution >= 4 is 33.3 Å². The summed E-state index contributed by atoms with van der Waals surface area (Å²) in [6.07, 6.45) is 3.39. The number of aryl methyl sites for hydroxylation is 2. The Morgan fingerprint density at radius 2 is 1.76 bits per heavy atom. The highest BCUT2D eigenvalue weighted by molar-refractivity contribution is 7.91. The molecule has 0 unspecified atom stereocenters. The second kappa shape index (κ2) is 9.62. The van der Waals surface area contributed by atoms with Crippen LogP contribution < -0.4 is 0 Å². The van der Waals surface area contributed by atoms with Gasteiger partial charge in [0.05, 0.1) is 12.2 Å². The van der Waals surface area contributed by atoms with Gasteiger partial charge >= 0.3 is 0 Å². The smallest absolute Gasteiger partial charge is 0.252 e. The molecule has 0 aliphatic carbocycles. The monoisotopic (exact) mass is 484 g/mol. The predicted octanol–water partition coefficient (Wildman–Crippen LogP) is 3.46. The highest BCUT2D eigenvalue weighted by Gasteiger charge is 2.30. The molecule has 0 atom stereocenters. The molecule has 1 saturated heterocycles. The van der Waals surface area contributed by atoms with E-state index in [9.17, 15) is 13.2 Å². The standard InChI is InChI=1S/C24H28N4O3S2/c1-18-6-8-21(9-7-18)17-28-20(3)22(19(2)25-28)10-11-23(29)26-12-14-27(15-13-26)33(30,31)24-5-4-16-32-24/h4-11,16H,12-15,17H2,1-3H3. The number of sulfonamides is 1. The first-order valence-electron chi connectivity index (χ1n) is 10.9. The van der Waals surface area contributed by atoms with Gasteiger partial charge in [-0.25, -0.2) is 8.42 Å². The number of hydrogen-bond donors (Lipinski definition) is 0. The van der Waals surface area contributed by atoms with Crippen molar-refractivity contribution in [1.82, 2.24) is 19.0 Å². The summed E-state index contributed by atoms with van der Waals surface area (Å²) in [7, 11) is -3.48. The lowest BCUT2D eigenvalue weighted by Gasteiger charge is -2.33. The Morgan fingerprint density at radius 3 is 2.39 bits per heavy atom. The SMILES string of the molecule is Cc1ccc(Cn2nc(C)c(C=CC(=O)N3CCN(S(=O)(=O)c4cccs4)CC3)c2C)cc1. The molecular formula is C24H28N4O3S2. The molecule has 1 amide bonds. The van der Waals surface area contributed by atoms with Crippen LogP contribution in [0.15, 0.2) is 52.1 Å². The molecule has 0 spiro atoms. The molecule has 7 nitrogen and oxygen atoms in total. The van der Waals surface area contributed by atoms with Crippen molar-refractivity contribution in [3.8, 4) is 0 Å². The molecule has 0 N–H and O–H groups in total. The summed E-state index contributed by atoms with van der Waals surface area (Å²) < 4.78 is 29.1. The lowest BCUT2D eigenvalue weighted by Crippen LogP contribution is -2.50. The van der Waals surface area contributed by atoms with Gasteiger partial charge in [-0.2, -0.15) is 9.40 Å². The number of benzene rings is 1. The van der Waals surface area contributed by atoms with Gasteiger partial charge < -0.3 is 4.90 Å². The lowest BCUT2D eigenvalue weighted by atomic mass is 10.1. The zero-order chi connectivity index (χ0) is 23.6. The zero-order valence-electron chi connectivity index (χ0n) is 19.1. The summed E-state index contributed by atoms with van der Waals surface area (Å²) in [4.78, 5) is 14.4. The van der Waals surface area contributed by atoms with E-state index in [1.54, 1.807) is 28.5 Å². The second-order valence-electron chi connectivity index (χ2n) is 8.22. The first-order valence-corrected chi connectivity index (χ1v) is 13.2. The van der Waals surface area contributed by atoms with Crippen LogP contribution in [0.3, 0.4) is 0 Å². The number of piperazine rings is 1. The molecule has 0 bridgehead atoms. The molecule has 0 saturated carbocycles. The molecule has 1 aliphatic heterocycles. The van der Waals surface area contributed by atoms with Crippen molar-refractivity contribution < 1.29 is 13.2 Å². The van der Waals surface area contributed by atoms with E-state index >= 15 is 0 Å². The van der Waals surface area contributed by atoms with Crippen molar-refractivity contribution in [2.75, 3.05) is 26.2 Å². The Labute approximate surface area is 199 Å². The maximum Gasteiger partial charge on any atom is 0.252 e. The number of carbonyl (C=O) groups is 1. The van der Waals surface area contributed by atoms with Gasteiger partial charge in [-0.3, -0.25) is 9.48 Å². The number of hydrogen-bond acceptors (Lipinski definition) is 5. The van der Waals surface area contributed by atoms with E-state index in [2.05, 4.69) is 36.3 Å². The highest BCUT2D eigenvalue weighted by Crippen LogP contribution is 2.22. The Balaban J connectivity index is 1.39. The molecule has 2 aromatic heterocycles. The Kier molecular flexibility index (Phi) is 6.83. The van der Waals surface area contributed by atoms with Crippen molar-refractivity contribution in [2.24, 2.45) is 0 Å². The largest absolute Gasteiger partial charge is 0.337 e. The second-order valence-corrected chi connectivity index (χ2v) is 11.3. The fourth-order valence-electron chi connectivity index (χ4n) is 3.92. The molecule has 4 rings (SSSR count). The van der Waals surface area contributed by atoms with Crippen LogP contribution in [0.25, 0.3) is 6.08 Å². The van der Waals surface area contributed by atoms with Crippen LogP contribution in [-0.2, 0) is 21.4 Å². The van der Waals surface area contributed by atoms with Gasteiger partial charge in [0.25, 0.3) is 10.0 Å². The van der Waals surface area contributed by atoms with Gasteiger partial charge in [0, 0.05) is 43.5 Å². The zero-order valence-corrected chi connectivity index (χ0v) is 20.7. The fourth-order valence-corrected chi connectivity index (χ4v) is 6.49. The van der Waals surface area contributed by atoms with Gasteiger partial charge in [-0.15, -0.1) is 11.3 Å². The summed E-state index contributed by atoms with van der Waals surface area (Å²) in [6.45, 7) is 8.03. The van der Waals surface area contributed by atoms with E-state index in [4.69, 9.17) is 0 Å². The van der Waals surface area contributed by atoms with Gasteiger partial charge in [0.2, 0.25) is 5.91 Å². The Bertz CT molecular complexity index is 1250. The van der Waals surface area contributed by atoms with Crippen LogP contribution in [0.2, 0.25) is 0 Å². The van der Waals surface area contributed by atoms with Gasteiger partial charge in [-0.05, 0) is 43.9 Å². The van der Waals surface area contributed by atoms with Crippen LogP contribution in [0.4, 0.5) is 0 Å². The van der Waals surface area contributed by atoms with Gasteiger partial charge in [0.15, 0.2) is 0 Å². The van der Waals surface area contributed by atoms with E-state index < -0.39 is 10.0 Å². The van der Waals surface area contributed by atoms with Crippen LogP contribution >= 0.6 is 11.3 Å². The minimum atomic E-state index is -3.48. The average molecular weight is 485 g/mol. The van der Waals surface area contributed by atoms with Crippen molar-refractivity contribution in [3.05, 3.63) is 75.9 Å². The summed E-state index contributed by atoms with van der Waals surface area (Å²) in [6, 6.07) is 11.7. The van der Waals surface area contributed by atoms with Crippen LogP contribution in [0, 0.1) is 20.8 Å². The molecule has 0 radical (unpaired) electrons. The predicted molar refractivity (Wildman–Crippen MR) is 131 cm³/mol. The number of nitrogens with zero attached hydrogens (tertiary/aromatic N) is 4. The van der Waals surface area contributed by atoms with Crippen molar-refractivity contribution in [3.63, 3.8) is 0 Å². The number of rotatable bonds is 6. The van der Waals surface area contributed by atoms with E-state index in [0.717, 1.165) is 17.0 Å². The number of amides is 1. The number of aromatic nitrogens is 2. The molecule has 174 valence electrons. The summed E-state index contributed by atoms with van der Waals surface area (Å²) in [5, 5.41) is 6.40. The molecule has 3 aromatic rings. The molecule has 9 heteroatoms. The molecular weight excluding hydrogens is 456 g/mol. The molecule has 1 aromatic carbocycles. The fraction of sp³-hybridized carbons (Fsp3) is 0.333. The Hall–Kier alpha value is -2.75. The summed E-state index contributed by atoms with van der Waals surface area (Å²) in [5.74, 6) is -0.117. The van der Waals surface area contributed by atoms with E-state index in [1.807, 2.05) is 24.6 Å². The third kappa shape index (κ3) is 5.10. The highest BCUT2D eigenvalue weighted by atomic mass is 32.2. The van der Waals surface area contributed by atoms with Crippen LogP contribution in [-0.4, -0.2) is 59.5 Å². The molecule has 1 fully saturated rings. The summed E-state index contributed by atoms with van der Waals surface area (Å²) >= 11 is 1.21. The minimum Gasteiger partial charge on any atom is -0.337 e. The van der Waals surface area contributed by atoms with E-state index in [-0.39, 0.29) is 5.91 Å².